The lowest BCUT2D eigenvalue weighted by molar-refractivity contribution is 0.0800. The van der Waals surface area contributed by atoms with Crippen molar-refractivity contribution in [3.63, 3.8) is 0 Å². The zero-order valence-corrected chi connectivity index (χ0v) is 12.4. The van der Waals surface area contributed by atoms with Crippen LogP contribution in [0.5, 0.6) is 0 Å². The summed E-state index contributed by atoms with van der Waals surface area (Å²) in [5, 5.41) is 9.69. The summed E-state index contributed by atoms with van der Waals surface area (Å²) in [4.78, 5) is 8.89. The van der Waals surface area contributed by atoms with Crippen molar-refractivity contribution < 1.29 is 8.17 Å². The Balaban J connectivity index is 1.78. The molecule has 2 heterocycles. The molecule has 1 aromatic heterocycles. The number of aromatic nitrogens is 1. The molecule has 0 spiro atoms. The van der Waals surface area contributed by atoms with E-state index in [9.17, 15) is 5.11 Å². The first-order chi connectivity index (χ1) is 8.79. The van der Waals surface area contributed by atoms with Crippen molar-refractivity contribution in [1.29, 1.82) is 0 Å². The molecule has 18 heavy (non-hydrogen) atoms. The second-order valence-corrected chi connectivity index (χ2v) is 5.03. The summed E-state index contributed by atoms with van der Waals surface area (Å²) in [6.07, 6.45) is 1.42. The fraction of sp³-hybridized carbons (Fsp3) is 0.583. The van der Waals surface area contributed by atoms with Gasteiger partial charge in [-0.25, -0.2) is 4.98 Å². The maximum Gasteiger partial charge on any atom is 0.128 e. The van der Waals surface area contributed by atoms with E-state index < -0.39 is 6.10 Å². The summed E-state index contributed by atoms with van der Waals surface area (Å²) < 4.78 is 4.91. The van der Waals surface area contributed by atoms with Gasteiger partial charge in [-0.2, -0.15) is 0 Å². The predicted octanol–water partition coefficient (Wildman–Crippen LogP) is 0.931. The van der Waals surface area contributed by atoms with Gasteiger partial charge in [0.2, 0.25) is 0 Å². The van der Waals surface area contributed by atoms with Gasteiger partial charge in [0.1, 0.15) is 28.8 Å². The van der Waals surface area contributed by atoms with Crippen LogP contribution in [0.15, 0.2) is 24.4 Å². The highest BCUT2D eigenvalue weighted by Gasteiger charge is 2.19. The zero-order chi connectivity index (χ0) is 12.8. The standard InChI is InChI=1S/C12H18IN3O2/c13-18-10-11(17)9-15-5-7-16(8-6-15)12-3-1-2-4-14-12/h1-4,11,17H,5-10H2. The number of anilines is 1. The van der Waals surface area contributed by atoms with E-state index >= 15 is 0 Å². The third kappa shape index (κ3) is 4.04. The van der Waals surface area contributed by atoms with Crippen LogP contribution in [-0.2, 0) is 3.07 Å². The second kappa shape index (κ2) is 7.22. The van der Waals surface area contributed by atoms with E-state index in [-0.39, 0.29) is 0 Å². The van der Waals surface area contributed by atoms with E-state index in [1.54, 1.807) is 0 Å². The molecule has 2 rings (SSSR count). The molecule has 1 aliphatic rings. The molecule has 1 aliphatic heterocycles. The molecule has 0 saturated carbocycles. The predicted molar refractivity (Wildman–Crippen MR) is 78.9 cm³/mol. The van der Waals surface area contributed by atoms with Crippen LogP contribution in [0, 0.1) is 0 Å². The number of hydrogen-bond donors (Lipinski definition) is 1. The quantitative estimate of drug-likeness (QED) is 0.789. The van der Waals surface area contributed by atoms with Crippen LogP contribution in [0.4, 0.5) is 5.82 Å². The number of pyridine rings is 1. The first-order valence-electron chi connectivity index (χ1n) is 6.09. The summed E-state index contributed by atoms with van der Waals surface area (Å²) in [6.45, 7) is 4.88. The van der Waals surface area contributed by atoms with Crippen LogP contribution >= 0.6 is 23.0 Å². The molecule has 1 saturated heterocycles. The van der Waals surface area contributed by atoms with E-state index in [0.29, 0.717) is 13.2 Å². The van der Waals surface area contributed by atoms with Gasteiger partial charge < -0.3 is 13.1 Å². The molecular formula is C12H18IN3O2. The highest BCUT2D eigenvalue weighted by molar-refractivity contribution is 14.1. The second-order valence-electron chi connectivity index (χ2n) is 4.41. The average molecular weight is 363 g/mol. The van der Waals surface area contributed by atoms with Crippen LogP contribution in [0.3, 0.4) is 0 Å². The van der Waals surface area contributed by atoms with Crippen LogP contribution < -0.4 is 4.90 Å². The summed E-state index contributed by atoms with van der Waals surface area (Å²) in [5.41, 5.74) is 0. The maximum absolute atomic E-state index is 9.69. The lowest BCUT2D eigenvalue weighted by Gasteiger charge is -2.36. The van der Waals surface area contributed by atoms with Gasteiger partial charge in [-0.05, 0) is 12.1 Å². The fourth-order valence-corrected chi connectivity index (χ4v) is 2.54. The van der Waals surface area contributed by atoms with Crippen LogP contribution in [0.2, 0.25) is 0 Å². The molecule has 1 unspecified atom stereocenters. The Morgan fingerprint density at radius 2 is 2.11 bits per heavy atom. The van der Waals surface area contributed by atoms with Crippen molar-refractivity contribution in [2.45, 2.75) is 6.10 Å². The van der Waals surface area contributed by atoms with Gasteiger partial charge in [-0.3, -0.25) is 4.90 Å². The van der Waals surface area contributed by atoms with Gasteiger partial charge in [0.15, 0.2) is 0 Å². The number of hydrogen-bond acceptors (Lipinski definition) is 5. The smallest absolute Gasteiger partial charge is 0.128 e. The van der Waals surface area contributed by atoms with Crippen molar-refractivity contribution in [1.82, 2.24) is 9.88 Å². The molecule has 1 aromatic rings. The molecule has 0 bridgehead atoms. The Hall–Kier alpha value is -0.440. The zero-order valence-electron chi connectivity index (χ0n) is 10.2. The first-order valence-corrected chi connectivity index (χ1v) is 6.97. The van der Waals surface area contributed by atoms with Crippen LogP contribution in [-0.4, -0.2) is 60.4 Å². The number of nitrogens with zero attached hydrogens (tertiary/aromatic N) is 3. The number of piperazine rings is 1. The summed E-state index contributed by atoms with van der Waals surface area (Å²) in [6, 6.07) is 5.98. The molecule has 100 valence electrons. The van der Waals surface area contributed by atoms with Gasteiger partial charge in [-0.15, -0.1) is 0 Å². The molecule has 0 radical (unpaired) electrons. The molecule has 1 N–H and O–H groups in total. The van der Waals surface area contributed by atoms with Gasteiger partial charge in [0.25, 0.3) is 0 Å². The Kier molecular flexibility index (Phi) is 5.61. The molecule has 1 fully saturated rings. The summed E-state index contributed by atoms with van der Waals surface area (Å²) in [7, 11) is 0. The van der Waals surface area contributed by atoms with Gasteiger partial charge in [0, 0.05) is 38.9 Å². The topological polar surface area (TPSA) is 48.8 Å². The van der Waals surface area contributed by atoms with Crippen molar-refractivity contribution >= 4 is 28.8 Å². The highest BCUT2D eigenvalue weighted by Crippen LogP contribution is 2.12. The molecule has 0 amide bonds. The van der Waals surface area contributed by atoms with Gasteiger partial charge in [-0.1, -0.05) is 6.07 Å². The number of aliphatic hydroxyl groups excluding tert-OH is 1. The highest BCUT2D eigenvalue weighted by atomic mass is 127. The fourth-order valence-electron chi connectivity index (χ4n) is 2.12. The Morgan fingerprint density at radius 3 is 2.72 bits per heavy atom. The van der Waals surface area contributed by atoms with Crippen molar-refractivity contribution in [2.75, 3.05) is 44.2 Å². The molecule has 6 heteroatoms. The van der Waals surface area contributed by atoms with E-state index in [4.69, 9.17) is 3.07 Å². The first kappa shape index (κ1) is 14.0. The third-order valence-corrected chi connectivity index (χ3v) is 3.43. The average Bonchev–Trinajstić information content (AvgIpc) is 2.41. The summed E-state index contributed by atoms with van der Waals surface area (Å²) in [5.74, 6) is 1.04. The molecule has 0 aromatic carbocycles. The van der Waals surface area contributed by atoms with Gasteiger partial charge in [0.05, 0.1) is 12.7 Å². The Labute approximate surface area is 121 Å². The minimum absolute atomic E-state index is 0.390. The summed E-state index contributed by atoms with van der Waals surface area (Å²) >= 11 is 1.81. The van der Waals surface area contributed by atoms with E-state index in [1.807, 2.05) is 47.4 Å². The lowest BCUT2D eigenvalue weighted by Crippen LogP contribution is -2.49. The SMILES string of the molecule is OC(COI)CN1CCN(c2ccccn2)CC1. The van der Waals surface area contributed by atoms with Crippen LogP contribution in [0.25, 0.3) is 0 Å². The number of β-amino-alcohol motifs (C(OH)–C–C–N with tert-alkyl or cyclic N) is 1. The largest absolute Gasteiger partial charge is 0.389 e. The van der Waals surface area contributed by atoms with E-state index in [0.717, 1.165) is 32.0 Å². The minimum Gasteiger partial charge on any atom is -0.389 e. The van der Waals surface area contributed by atoms with Crippen molar-refractivity contribution in [3.05, 3.63) is 24.4 Å². The Morgan fingerprint density at radius 1 is 1.33 bits per heavy atom. The van der Waals surface area contributed by atoms with E-state index in [1.165, 1.54) is 0 Å². The minimum atomic E-state index is -0.400. The molecule has 5 nitrogen and oxygen atoms in total. The van der Waals surface area contributed by atoms with Crippen molar-refractivity contribution in [3.8, 4) is 0 Å². The number of rotatable bonds is 5. The normalized spacial score (nSPS) is 18.9. The molecular weight excluding hydrogens is 345 g/mol. The monoisotopic (exact) mass is 363 g/mol. The maximum atomic E-state index is 9.69. The molecule has 1 atom stereocenters. The lowest BCUT2D eigenvalue weighted by atomic mass is 10.2. The Bertz CT molecular complexity index is 344. The third-order valence-electron chi connectivity index (χ3n) is 3.07. The molecule has 0 aliphatic carbocycles. The number of aliphatic hydroxyl groups is 1. The van der Waals surface area contributed by atoms with E-state index in [2.05, 4.69) is 14.8 Å². The number of halogens is 1. The van der Waals surface area contributed by atoms with Crippen LogP contribution in [0.1, 0.15) is 0 Å². The van der Waals surface area contributed by atoms with Gasteiger partial charge >= 0.3 is 0 Å². The van der Waals surface area contributed by atoms with Crippen molar-refractivity contribution in [2.24, 2.45) is 0 Å².